The molecule has 1 atom stereocenters. The molecule has 2 aromatic carbocycles. The number of carbonyl (C=O) groups excluding carboxylic acids is 1. The Balaban J connectivity index is 1.80. The summed E-state index contributed by atoms with van der Waals surface area (Å²) in [4.78, 5) is 15.2. The monoisotopic (exact) mass is 513 g/mol. The molecular formula is C27H32ClN3O5. The Kier molecular flexibility index (Phi) is 8.06. The highest BCUT2D eigenvalue weighted by molar-refractivity contribution is 6.31. The summed E-state index contributed by atoms with van der Waals surface area (Å²) in [5.74, 6) is 1.64. The highest BCUT2D eigenvalue weighted by atomic mass is 35.5. The van der Waals surface area contributed by atoms with Crippen LogP contribution >= 0.6 is 11.6 Å². The number of amides is 1. The Labute approximate surface area is 216 Å². The summed E-state index contributed by atoms with van der Waals surface area (Å²) < 4.78 is 17.2. The smallest absolute Gasteiger partial charge is 0.273 e. The van der Waals surface area contributed by atoms with Crippen LogP contribution < -0.4 is 9.47 Å². The molecule has 1 aliphatic rings. The number of phenols is 1. The second-order valence-electron chi connectivity index (χ2n) is 9.09. The number of methoxy groups -OCH3 is 1. The Morgan fingerprint density at radius 3 is 2.67 bits per heavy atom. The number of nitrogens with zero attached hydrogens (tertiary/aromatic N) is 2. The number of hydrogen-bond acceptors (Lipinski definition) is 6. The van der Waals surface area contributed by atoms with Gasteiger partial charge in [0.1, 0.15) is 17.1 Å². The average molecular weight is 514 g/mol. The van der Waals surface area contributed by atoms with E-state index in [9.17, 15) is 9.90 Å². The zero-order chi connectivity index (χ0) is 25.8. The Morgan fingerprint density at radius 2 is 1.94 bits per heavy atom. The molecule has 1 unspecified atom stereocenters. The van der Waals surface area contributed by atoms with Gasteiger partial charge in [-0.25, -0.2) is 0 Å². The lowest BCUT2D eigenvalue weighted by molar-refractivity contribution is 0.0677. The van der Waals surface area contributed by atoms with E-state index in [-0.39, 0.29) is 11.7 Å². The van der Waals surface area contributed by atoms with Crippen molar-refractivity contribution in [3.05, 3.63) is 58.2 Å². The Morgan fingerprint density at radius 1 is 1.14 bits per heavy atom. The van der Waals surface area contributed by atoms with Crippen molar-refractivity contribution in [2.24, 2.45) is 5.92 Å². The van der Waals surface area contributed by atoms with Crippen LogP contribution in [0.2, 0.25) is 5.02 Å². The fourth-order valence-corrected chi connectivity index (χ4v) is 4.53. The molecule has 8 nitrogen and oxygen atoms in total. The predicted octanol–water partition coefficient (Wildman–Crippen LogP) is 5.45. The first-order valence-corrected chi connectivity index (χ1v) is 12.5. The van der Waals surface area contributed by atoms with Gasteiger partial charge in [-0.3, -0.25) is 9.89 Å². The molecule has 0 saturated carbocycles. The van der Waals surface area contributed by atoms with Crippen molar-refractivity contribution in [1.82, 2.24) is 15.1 Å². The van der Waals surface area contributed by atoms with Crippen molar-refractivity contribution in [3.8, 4) is 28.5 Å². The summed E-state index contributed by atoms with van der Waals surface area (Å²) in [5, 5.41) is 18.3. The lowest BCUT2D eigenvalue weighted by atomic mass is 9.95. The van der Waals surface area contributed by atoms with Gasteiger partial charge >= 0.3 is 0 Å². The second-order valence-corrected chi connectivity index (χ2v) is 9.52. The first kappa shape index (κ1) is 25.9. The quantitative estimate of drug-likeness (QED) is 0.354. The molecule has 192 valence electrons. The average Bonchev–Trinajstić information content (AvgIpc) is 3.39. The topological polar surface area (TPSA) is 96.9 Å². The van der Waals surface area contributed by atoms with Crippen molar-refractivity contribution in [2.75, 3.05) is 33.5 Å². The van der Waals surface area contributed by atoms with Gasteiger partial charge in [-0.2, -0.15) is 5.10 Å². The molecule has 1 aromatic heterocycles. The van der Waals surface area contributed by atoms with Crippen LogP contribution in [0.25, 0.3) is 11.3 Å². The van der Waals surface area contributed by atoms with Crippen molar-refractivity contribution in [2.45, 2.75) is 33.2 Å². The molecule has 9 heteroatoms. The minimum absolute atomic E-state index is 0.0270. The molecule has 0 saturated heterocycles. The molecule has 3 aromatic rings. The van der Waals surface area contributed by atoms with Crippen molar-refractivity contribution >= 4 is 17.5 Å². The van der Waals surface area contributed by atoms with Gasteiger partial charge in [-0.15, -0.1) is 0 Å². The first-order valence-electron chi connectivity index (χ1n) is 12.1. The molecule has 36 heavy (non-hydrogen) atoms. The standard InChI is InChI=1S/C27H32ClN3O5/c1-5-35-22-14-17(6-9-21(22)36-12-10-16(2)3)26-23-24(19-15-18(28)7-8-20(19)32)29-30-25(23)27(33)31(26)11-13-34-4/h6-9,14-16,26,32H,5,10-13H2,1-4H3,(H,29,30). The van der Waals surface area contributed by atoms with E-state index in [1.807, 2.05) is 25.1 Å². The van der Waals surface area contributed by atoms with Crippen LogP contribution in [0.3, 0.4) is 0 Å². The summed E-state index contributed by atoms with van der Waals surface area (Å²) in [6.07, 6.45) is 0.931. The van der Waals surface area contributed by atoms with E-state index in [0.717, 1.165) is 12.0 Å². The minimum Gasteiger partial charge on any atom is -0.507 e. The maximum absolute atomic E-state index is 13.4. The van der Waals surface area contributed by atoms with Crippen LogP contribution in [0.4, 0.5) is 0 Å². The lowest BCUT2D eigenvalue weighted by Gasteiger charge is -2.27. The van der Waals surface area contributed by atoms with Crippen LogP contribution in [0, 0.1) is 5.92 Å². The number of carbonyl (C=O) groups is 1. The molecule has 0 spiro atoms. The zero-order valence-corrected chi connectivity index (χ0v) is 21.8. The summed E-state index contributed by atoms with van der Waals surface area (Å²) in [6, 6.07) is 10.0. The summed E-state index contributed by atoms with van der Waals surface area (Å²) in [7, 11) is 1.60. The maximum atomic E-state index is 13.4. The fraction of sp³-hybridized carbons (Fsp3) is 0.407. The number of fused-ring (bicyclic) bond motifs is 1. The number of benzene rings is 2. The first-order chi connectivity index (χ1) is 17.3. The normalized spacial score (nSPS) is 15.0. The number of halogens is 1. The van der Waals surface area contributed by atoms with Crippen molar-refractivity contribution < 1.29 is 24.1 Å². The third-order valence-electron chi connectivity index (χ3n) is 6.15. The van der Waals surface area contributed by atoms with Gasteiger partial charge in [-0.1, -0.05) is 31.5 Å². The number of rotatable bonds is 11. The molecule has 2 N–H and O–H groups in total. The molecule has 1 aliphatic heterocycles. The van der Waals surface area contributed by atoms with Crippen LogP contribution in [-0.4, -0.2) is 59.6 Å². The molecular weight excluding hydrogens is 482 g/mol. The van der Waals surface area contributed by atoms with E-state index in [0.29, 0.717) is 71.3 Å². The van der Waals surface area contributed by atoms with Gasteiger partial charge < -0.3 is 24.2 Å². The zero-order valence-electron chi connectivity index (χ0n) is 21.0. The van der Waals surface area contributed by atoms with Crippen LogP contribution in [0.5, 0.6) is 17.2 Å². The van der Waals surface area contributed by atoms with E-state index in [2.05, 4.69) is 24.0 Å². The highest BCUT2D eigenvalue weighted by Crippen LogP contribution is 2.46. The van der Waals surface area contributed by atoms with Crippen LogP contribution in [-0.2, 0) is 4.74 Å². The third-order valence-corrected chi connectivity index (χ3v) is 6.39. The van der Waals surface area contributed by atoms with Gasteiger partial charge in [0.2, 0.25) is 0 Å². The Hall–Kier alpha value is -3.23. The molecule has 0 aliphatic carbocycles. The van der Waals surface area contributed by atoms with E-state index in [1.165, 1.54) is 6.07 Å². The van der Waals surface area contributed by atoms with Crippen LogP contribution in [0.1, 0.15) is 54.8 Å². The van der Waals surface area contributed by atoms with E-state index >= 15 is 0 Å². The minimum atomic E-state index is -0.473. The molecule has 0 radical (unpaired) electrons. The number of aromatic hydroxyl groups is 1. The number of hydrogen-bond donors (Lipinski definition) is 2. The predicted molar refractivity (Wildman–Crippen MR) is 138 cm³/mol. The molecule has 1 amide bonds. The molecule has 4 rings (SSSR count). The van der Waals surface area contributed by atoms with Gasteiger partial charge in [0, 0.05) is 29.8 Å². The van der Waals surface area contributed by atoms with Gasteiger partial charge in [0.25, 0.3) is 5.91 Å². The second kappa shape index (κ2) is 11.2. The van der Waals surface area contributed by atoms with Gasteiger partial charge in [0.15, 0.2) is 11.5 Å². The number of ether oxygens (including phenoxy) is 3. The molecule has 0 bridgehead atoms. The van der Waals surface area contributed by atoms with Crippen molar-refractivity contribution in [3.63, 3.8) is 0 Å². The lowest BCUT2D eigenvalue weighted by Crippen LogP contribution is -2.32. The molecule has 0 fully saturated rings. The van der Waals surface area contributed by atoms with Gasteiger partial charge in [0.05, 0.1) is 25.9 Å². The number of H-pyrrole nitrogens is 1. The summed E-state index contributed by atoms with van der Waals surface area (Å²) in [5.41, 5.74) is 2.80. The van der Waals surface area contributed by atoms with E-state index in [1.54, 1.807) is 24.1 Å². The molecule has 2 heterocycles. The fourth-order valence-electron chi connectivity index (χ4n) is 4.35. The van der Waals surface area contributed by atoms with Gasteiger partial charge in [-0.05, 0) is 55.2 Å². The van der Waals surface area contributed by atoms with E-state index < -0.39 is 6.04 Å². The highest BCUT2D eigenvalue weighted by Gasteiger charge is 2.42. The maximum Gasteiger partial charge on any atom is 0.273 e. The largest absolute Gasteiger partial charge is 0.507 e. The van der Waals surface area contributed by atoms with E-state index in [4.69, 9.17) is 25.8 Å². The SMILES string of the molecule is CCOc1cc(C2c3c(-c4cc(Cl)ccc4O)n[nH]c3C(=O)N2CCOC)ccc1OCCC(C)C. The number of aromatic amines is 1. The summed E-state index contributed by atoms with van der Waals surface area (Å²) in [6.45, 7) is 8.02. The number of nitrogens with one attached hydrogen (secondary N) is 1. The van der Waals surface area contributed by atoms with Crippen LogP contribution in [0.15, 0.2) is 36.4 Å². The van der Waals surface area contributed by atoms with Crippen molar-refractivity contribution in [1.29, 1.82) is 0 Å². The number of aromatic nitrogens is 2. The Bertz CT molecular complexity index is 1230. The third kappa shape index (κ3) is 5.15. The number of phenolic OH excluding ortho intramolecular Hbond substituents is 1. The summed E-state index contributed by atoms with van der Waals surface area (Å²) >= 11 is 6.22.